The van der Waals surface area contributed by atoms with Gasteiger partial charge in [0.25, 0.3) is 0 Å². The molecule has 1 heterocycles. The zero-order valence-corrected chi connectivity index (χ0v) is 7.03. The lowest BCUT2D eigenvalue weighted by Gasteiger charge is -2.35. The first-order valence-electron chi connectivity index (χ1n) is 4.16. The Hall–Kier alpha value is -0.120. The Morgan fingerprint density at radius 3 is 2.55 bits per heavy atom. The van der Waals surface area contributed by atoms with Gasteiger partial charge < -0.3 is 14.9 Å². The lowest BCUT2D eigenvalue weighted by molar-refractivity contribution is -0.209. The van der Waals surface area contributed by atoms with E-state index in [9.17, 15) is 5.11 Å². The number of aliphatic hydroxyl groups excluding tert-OH is 2. The van der Waals surface area contributed by atoms with Crippen molar-refractivity contribution in [2.24, 2.45) is 5.92 Å². The summed E-state index contributed by atoms with van der Waals surface area (Å²) in [6, 6.07) is 0. The average molecular weight is 160 g/mol. The molecule has 0 aromatic carbocycles. The van der Waals surface area contributed by atoms with Crippen LogP contribution in [-0.2, 0) is 4.74 Å². The highest BCUT2D eigenvalue weighted by Gasteiger charge is 2.32. The van der Waals surface area contributed by atoms with Crippen LogP contribution in [0, 0.1) is 5.92 Å². The summed E-state index contributed by atoms with van der Waals surface area (Å²) >= 11 is 0. The van der Waals surface area contributed by atoms with Crippen LogP contribution in [0.2, 0.25) is 0 Å². The first-order valence-corrected chi connectivity index (χ1v) is 4.16. The first-order chi connectivity index (χ1) is 5.15. The van der Waals surface area contributed by atoms with Crippen LogP contribution in [0.4, 0.5) is 0 Å². The van der Waals surface area contributed by atoms with E-state index in [4.69, 9.17) is 9.84 Å². The number of rotatable bonds is 1. The maximum atomic E-state index is 9.47. The minimum Gasteiger partial charge on any atom is -0.393 e. The SMILES string of the molecule is CCC1C(O)CC(O)OC1C. The molecule has 2 N–H and O–H groups in total. The van der Waals surface area contributed by atoms with Crippen molar-refractivity contribution in [3.63, 3.8) is 0 Å². The van der Waals surface area contributed by atoms with Crippen LogP contribution in [0.25, 0.3) is 0 Å². The van der Waals surface area contributed by atoms with Gasteiger partial charge in [-0.2, -0.15) is 0 Å². The largest absolute Gasteiger partial charge is 0.393 e. The molecular weight excluding hydrogens is 144 g/mol. The lowest BCUT2D eigenvalue weighted by Crippen LogP contribution is -2.42. The minimum atomic E-state index is -0.775. The van der Waals surface area contributed by atoms with E-state index in [-0.39, 0.29) is 12.0 Å². The lowest BCUT2D eigenvalue weighted by atomic mass is 9.89. The molecule has 1 aliphatic heterocycles. The van der Waals surface area contributed by atoms with Gasteiger partial charge in [0.1, 0.15) is 0 Å². The Labute approximate surface area is 67.0 Å². The highest BCUT2D eigenvalue weighted by molar-refractivity contribution is 4.78. The van der Waals surface area contributed by atoms with Gasteiger partial charge in [0.05, 0.1) is 12.2 Å². The highest BCUT2D eigenvalue weighted by Crippen LogP contribution is 2.26. The van der Waals surface area contributed by atoms with Crippen LogP contribution in [0.15, 0.2) is 0 Å². The molecule has 1 rings (SSSR count). The van der Waals surface area contributed by atoms with E-state index in [1.165, 1.54) is 0 Å². The predicted molar refractivity (Wildman–Crippen MR) is 41.0 cm³/mol. The van der Waals surface area contributed by atoms with Crippen LogP contribution < -0.4 is 0 Å². The molecule has 0 aromatic rings. The second-order valence-electron chi connectivity index (χ2n) is 3.17. The summed E-state index contributed by atoms with van der Waals surface area (Å²) in [6.07, 6.45) is 0.0399. The molecule has 0 saturated carbocycles. The van der Waals surface area contributed by atoms with E-state index < -0.39 is 12.4 Å². The van der Waals surface area contributed by atoms with Crippen molar-refractivity contribution in [2.75, 3.05) is 0 Å². The van der Waals surface area contributed by atoms with Gasteiger partial charge in [-0.25, -0.2) is 0 Å². The van der Waals surface area contributed by atoms with E-state index in [1.54, 1.807) is 0 Å². The van der Waals surface area contributed by atoms with E-state index >= 15 is 0 Å². The van der Waals surface area contributed by atoms with E-state index in [1.807, 2.05) is 13.8 Å². The number of ether oxygens (including phenoxy) is 1. The molecule has 1 saturated heterocycles. The molecule has 0 radical (unpaired) electrons. The third kappa shape index (κ3) is 1.92. The third-order valence-corrected chi connectivity index (χ3v) is 2.38. The standard InChI is InChI=1S/C8H16O3/c1-3-6-5(2)11-8(10)4-7(6)9/h5-10H,3-4H2,1-2H3. The second kappa shape index (κ2) is 3.52. The van der Waals surface area contributed by atoms with Gasteiger partial charge in [-0.1, -0.05) is 6.92 Å². The number of hydrogen-bond donors (Lipinski definition) is 2. The fraction of sp³-hybridized carbons (Fsp3) is 1.00. The van der Waals surface area contributed by atoms with Crippen molar-refractivity contribution >= 4 is 0 Å². The van der Waals surface area contributed by atoms with Crippen molar-refractivity contribution < 1.29 is 14.9 Å². The Morgan fingerprint density at radius 1 is 1.45 bits per heavy atom. The van der Waals surface area contributed by atoms with Gasteiger partial charge in [-0.05, 0) is 13.3 Å². The summed E-state index contributed by atoms with van der Waals surface area (Å²) in [4.78, 5) is 0. The molecule has 11 heavy (non-hydrogen) atoms. The zero-order chi connectivity index (χ0) is 8.43. The molecule has 0 spiro atoms. The Bertz CT molecular complexity index is 115. The second-order valence-corrected chi connectivity index (χ2v) is 3.17. The van der Waals surface area contributed by atoms with Crippen molar-refractivity contribution in [3.05, 3.63) is 0 Å². The summed E-state index contributed by atoms with van der Waals surface area (Å²) in [5.41, 5.74) is 0. The normalized spacial score (nSPS) is 45.8. The number of aliphatic hydroxyl groups is 2. The molecular formula is C8H16O3. The highest BCUT2D eigenvalue weighted by atomic mass is 16.6. The summed E-state index contributed by atoms with van der Waals surface area (Å²) in [6.45, 7) is 3.91. The average Bonchev–Trinajstić information content (AvgIpc) is 1.85. The molecule has 0 aliphatic carbocycles. The predicted octanol–water partition coefficient (Wildman–Crippen LogP) is 0.501. The fourth-order valence-corrected chi connectivity index (χ4v) is 1.70. The maximum Gasteiger partial charge on any atom is 0.157 e. The molecule has 4 atom stereocenters. The van der Waals surface area contributed by atoms with Crippen LogP contribution in [0.3, 0.4) is 0 Å². The summed E-state index contributed by atoms with van der Waals surface area (Å²) in [5, 5.41) is 18.6. The van der Waals surface area contributed by atoms with E-state index in [2.05, 4.69) is 0 Å². The topological polar surface area (TPSA) is 49.7 Å². The zero-order valence-electron chi connectivity index (χ0n) is 7.03. The maximum absolute atomic E-state index is 9.47. The van der Waals surface area contributed by atoms with Crippen LogP contribution in [0.5, 0.6) is 0 Å². The summed E-state index contributed by atoms with van der Waals surface area (Å²) in [7, 11) is 0. The number of hydrogen-bond acceptors (Lipinski definition) is 3. The monoisotopic (exact) mass is 160 g/mol. The van der Waals surface area contributed by atoms with Gasteiger partial charge in [-0.3, -0.25) is 0 Å². The quantitative estimate of drug-likeness (QED) is 0.587. The molecule has 3 nitrogen and oxygen atoms in total. The minimum absolute atomic E-state index is 0.0289. The Balaban J connectivity index is 2.52. The fourth-order valence-electron chi connectivity index (χ4n) is 1.70. The van der Waals surface area contributed by atoms with Crippen molar-refractivity contribution in [2.45, 2.75) is 45.2 Å². The van der Waals surface area contributed by atoms with Crippen LogP contribution in [-0.4, -0.2) is 28.7 Å². The van der Waals surface area contributed by atoms with Crippen molar-refractivity contribution in [1.29, 1.82) is 0 Å². The van der Waals surface area contributed by atoms with E-state index in [0.29, 0.717) is 6.42 Å². The third-order valence-electron chi connectivity index (χ3n) is 2.38. The smallest absolute Gasteiger partial charge is 0.157 e. The van der Waals surface area contributed by atoms with Gasteiger partial charge in [0.2, 0.25) is 0 Å². The molecule has 66 valence electrons. The molecule has 0 amide bonds. The van der Waals surface area contributed by atoms with Crippen molar-refractivity contribution in [3.8, 4) is 0 Å². The van der Waals surface area contributed by atoms with Gasteiger partial charge >= 0.3 is 0 Å². The Morgan fingerprint density at radius 2 is 2.09 bits per heavy atom. The van der Waals surface area contributed by atoms with Crippen LogP contribution >= 0.6 is 0 Å². The molecule has 1 aliphatic rings. The van der Waals surface area contributed by atoms with Crippen LogP contribution in [0.1, 0.15) is 26.7 Å². The van der Waals surface area contributed by atoms with Crippen molar-refractivity contribution in [1.82, 2.24) is 0 Å². The first kappa shape index (κ1) is 8.97. The molecule has 0 aromatic heterocycles. The molecule has 4 unspecified atom stereocenters. The summed E-state index contributed by atoms with van der Waals surface area (Å²) in [5.74, 6) is 0.179. The van der Waals surface area contributed by atoms with Gasteiger partial charge in [0.15, 0.2) is 6.29 Å². The summed E-state index contributed by atoms with van der Waals surface area (Å²) < 4.78 is 5.16. The van der Waals surface area contributed by atoms with E-state index in [0.717, 1.165) is 6.42 Å². The van der Waals surface area contributed by atoms with Gasteiger partial charge in [0, 0.05) is 12.3 Å². The molecule has 0 bridgehead atoms. The Kier molecular flexibility index (Phi) is 2.87. The van der Waals surface area contributed by atoms with Gasteiger partial charge in [-0.15, -0.1) is 0 Å². The molecule has 1 fully saturated rings. The molecule has 3 heteroatoms.